The molecule has 9 heteroatoms. The summed E-state index contributed by atoms with van der Waals surface area (Å²) in [5.41, 5.74) is 0.286. The molecule has 5 nitrogen and oxygen atoms in total. The number of phenols is 1. The fourth-order valence-corrected chi connectivity index (χ4v) is 3.58. The van der Waals surface area contributed by atoms with Crippen LogP contribution in [-0.4, -0.2) is 39.1 Å². The second kappa shape index (κ2) is 6.73. The number of hydrogen-bond acceptors (Lipinski definition) is 4. The maximum atomic E-state index is 13.6. The molecule has 0 amide bonds. The van der Waals surface area contributed by atoms with Crippen LogP contribution in [0.5, 0.6) is 5.75 Å². The molecular formula is C19H18F4N4O. The van der Waals surface area contributed by atoms with E-state index in [0.29, 0.717) is 36.9 Å². The summed E-state index contributed by atoms with van der Waals surface area (Å²) in [4.78, 5) is 4.41. The van der Waals surface area contributed by atoms with Gasteiger partial charge in [0.15, 0.2) is 5.65 Å². The standard InChI is InChI=1S/C19H18F4N4O/c1-10-4-12(19(21,22)23)5-16(28)17(10)15-3-2-11-9-27(26-18(11)25-15)14-6-13(20)7-24-8-14/h2-5,9,13-14,24,28H,6-8H2,1H3/t13-,14-/m0/s1. The molecule has 28 heavy (non-hydrogen) atoms. The number of alkyl halides is 4. The molecule has 1 saturated heterocycles. The van der Waals surface area contributed by atoms with E-state index in [4.69, 9.17) is 0 Å². The number of aromatic hydroxyl groups is 1. The third kappa shape index (κ3) is 3.42. The summed E-state index contributed by atoms with van der Waals surface area (Å²) in [6, 6.07) is 4.90. The fourth-order valence-electron chi connectivity index (χ4n) is 3.58. The van der Waals surface area contributed by atoms with Crippen LogP contribution in [0.4, 0.5) is 17.6 Å². The molecule has 0 aliphatic carbocycles. The van der Waals surface area contributed by atoms with Crippen molar-refractivity contribution in [1.29, 1.82) is 0 Å². The number of halogens is 4. The van der Waals surface area contributed by atoms with Gasteiger partial charge in [-0.25, -0.2) is 9.37 Å². The first-order chi connectivity index (χ1) is 13.2. The Labute approximate surface area is 158 Å². The number of pyridine rings is 1. The Bertz CT molecular complexity index is 1010. The van der Waals surface area contributed by atoms with Crippen molar-refractivity contribution in [2.75, 3.05) is 13.1 Å². The number of nitrogens with zero attached hydrogens (tertiary/aromatic N) is 3. The highest BCUT2D eigenvalue weighted by molar-refractivity contribution is 5.80. The molecular weight excluding hydrogens is 376 g/mol. The lowest BCUT2D eigenvalue weighted by molar-refractivity contribution is -0.137. The summed E-state index contributed by atoms with van der Waals surface area (Å²) in [5, 5.41) is 18.3. The van der Waals surface area contributed by atoms with Crippen LogP contribution in [0.15, 0.2) is 30.5 Å². The lowest BCUT2D eigenvalue weighted by Gasteiger charge is -2.25. The van der Waals surface area contributed by atoms with E-state index in [9.17, 15) is 22.7 Å². The third-order valence-corrected chi connectivity index (χ3v) is 4.93. The number of fused-ring (bicyclic) bond motifs is 1. The molecule has 1 aromatic carbocycles. The topological polar surface area (TPSA) is 63.0 Å². The smallest absolute Gasteiger partial charge is 0.416 e. The summed E-state index contributed by atoms with van der Waals surface area (Å²) >= 11 is 0. The maximum Gasteiger partial charge on any atom is 0.416 e. The van der Waals surface area contributed by atoms with E-state index in [-0.39, 0.29) is 17.2 Å². The van der Waals surface area contributed by atoms with Crippen LogP contribution in [0.2, 0.25) is 0 Å². The van der Waals surface area contributed by atoms with E-state index in [1.807, 2.05) is 0 Å². The van der Waals surface area contributed by atoms with Gasteiger partial charge >= 0.3 is 6.18 Å². The van der Waals surface area contributed by atoms with E-state index >= 15 is 0 Å². The number of hydrogen-bond donors (Lipinski definition) is 2. The van der Waals surface area contributed by atoms with Crippen molar-refractivity contribution in [3.63, 3.8) is 0 Å². The van der Waals surface area contributed by atoms with Gasteiger partial charge in [-0.05, 0) is 36.8 Å². The second-order valence-electron chi connectivity index (χ2n) is 7.05. The van der Waals surface area contributed by atoms with Gasteiger partial charge in [-0.1, -0.05) is 0 Å². The van der Waals surface area contributed by atoms with Crippen molar-refractivity contribution in [2.45, 2.75) is 31.7 Å². The predicted octanol–water partition coefficient (Wildman–Crippen LogP) is 4.00. The second-order valence-corrected chi connectivity index (χ2v) is 7.05. The summed E-state index contributed by atoms with van der Waals surface area (Å²) in [6.45, 7) is 2.41. The molecule has 3 heterocycles. The molecule has 3 aromatic rings. The quantitative estimate of drug-likeness (QED) is 0.645. The van der Waals surface area contributed by atoms with Crippen molar-refractivity contribution in [2.24, 2.45) is 0 Å². The Hall–Kier alpha value is -2.68. The molecule has 2 atom stereocenters. The zero-order valence-corrected chi connectivity index (χ0v) is 15.0. The van der Waals surface area contributed by atoms with Gasteiger partial charge in [0, 0.05) is 36.7 Å². The van der Waals surface area contributed by atoms with Gasteiger partial charge in [0.2, 0.25) is 0 Å². The van der Waals surface area contributed by atoms with Crippen LogP contribution in [-0.2, 0) is 6.18 Å². The number of phenolic OH excluding ortho intramolecular Hbond substituents is 1. The SMILES string of the molecule is Cc1cc(C(F)(F)F)cc(O)c1-c1ccc2cn([C@@H]3CNC[C@@H](F)C3)nc2n1. The first-order valence-electron chi connectivity index (χ1n) is 8.84. The molecule has 0 saturated carbocycles. The average Bonchev–Trinajstić information content (AvgIpc) is 3.04. The van der Waals surface area contributed by atoms with E-state index in [1.165, 1.54) is 6.92 Å². The molecule has 0 spiro atoms. The minimum atomic E-state index is -4.54. The molecule has 1 aliphatic heterocycles. The molecule has 0 unspecified atom stereocenters. The first-order valence-corrected chi connectivity index (χ1v) is 8.84. The number of piperidine rings is 1. The normalized spacial score (nSPS) is 20.6. The third-order valence-electron chi connectivity index (χ3n) is 4.93. The van der Waals surface area contributed by atoms with E-state index in [0.717, 1.165) is 11.5 Å². The van der Waals surface area contributed by atoms with Gasteiger partial charge in [0.05, 0.1) is 17.3 Å². The van der Waals surface area contributed by atoms with Crippen LogP contribution in [0.25, 0.3) is 22.3 Å². The predicted molar refractivity (Wildman–Crippen MR) is 95.8 cm³/mol. The maximum absolute atomic E-state index is 13.6. The van der Waals surface area contributed by atoms with E-state index in [1.54, 1.807) is 23.0 Å². The highest BCUT2D eigenvalue weighted by Crippen LogP contribution is 2.38. The Morgan fingerprint density at radius 3 is 2.68 bits per heavy atom. The largest absolute Gasteiger partial charge is 0.507 e. The molecule has 0 bridgehead atoms. The Kier molecular flexibility index (Phi) is 4.49. The molecule has 2 aromatic heterocycles. The van der Waals surface area contributed by atoms with Gasteiger partial charge in [-0.3, -0.25) is 4.68 Å². The van der Waals surface area contributed by atoms with Gasteiger partial charge in [0.25, 0.3) is 0 Å². The molecule has 0 radical (unpaired) electrons. The fraction of sp³-hybridized carbons (Fsp3) is 0.368. The van der Waals surface area contributed by atoms with Crippen molar-refractivity contribution < 1.29 is 22.7 Å². The van der Waals surface area contributed by atoms with Crippen molar-refractivity contribution in [3.05, 3.63) is 41.6 Å². The molecule has 4 rings (SSSR count). The Morgan fingerprint density at radius 2 is 2.00 bits per heavy atom. The van der Waals surface area contributed by atoms with Crippen LogP contribution >= 0.6 is 0 Å². The minimum absolute atomic E-state index is 0.136. The minimum Gasteiger partial charge on any atom is -0.507 e. The highest BCUT2D eigenvalue weighted by atomic mass is 19.4. The van der Waals surface area contributed by atoms with Crippen molar-refractivity contribution in [1.82, 2.24) is 20.1 Å². The molecule has 148 valence electrons. The van der Waals surface area contributed by atoms with E-state index < -0.39 is 23.7 Å². The van der Waals surface area contributed by atoms with Crippen LogP contribution in [0.1, 0.15) is 23.6 Å². The lowest BCUT2D eigenvalue weighted by atomic mass is 10.00. The Morgan fingerprint density at radius 1 is 1.21 bits per heavy atom. The first kappa shape index (κ1) is 18.7. The monoisotopic (exact) mass is 394 g/mol. The summed E-state index contributed by atoms with van der Waals surface area (Å²) in [6.07, 6.45) is -3.36. The lowest BCUT2D eigenvalue weighted by Crippen LogP contribution is -2.38. The number of nitrogens with one attached hydrogen (secondary N) is 1. The Balaban J connectivity index is 1.72. The molecule has 2 N–H and O–H groups in total. The number of aromatic nitrogens is 3. The number of rotatable bonds is 2. The summed E-state index contributed by atoms with van der Waals surface area (Å²) in [5.74, 6) is -0.490. The zero-order chi connectivity index (χ0) is 20.1. The summed E-state index contributed by atoms with van der Waals surface area (Å²) < 4.78 is 54.1. The van der Waals surface area contributed by atoms with Gasteiger partial charge < -0.3 is 10.4 Å². The van der Waals surface area contributed by atoms with Gasteiger partial charge in [-0.2, -0.15) is 18.3 Å². The number of aryl methyl sites for hydroxylation is 1. The van der Waals surface area contributed by atoms with Crippen molar-refractivity contribution >= 4 is 11.0 Å². The zero-order valence-electron chi connectivity index (χ0n) is 15.0. The van der Waals surface area contributed by atoms with Crippen molar-refractivity contribution in [3.8, 4) is 17.0 Å². The van der Waals surface area contributed by atoms with Crippen LogP contribution in [0.3, 0.4) is 0 Å². The van der Waals surface area contributed by atoms with Crippen LogP contribution < -0.4 is 5.32 Å². The number of benzene rings is 1. The van der Waals surface area contributed by atoms with Gasteiger partial charge in [0.1, 0.15) is 11.9 Å². The van der Waals surface area contributed by atoms with E-state index in [2.05, 4.69) is 15.4 Å². The average molecular weight is 394 g/mol. The molecule has 1 fully saturated rings. The highest BCUT2D eigenvalue weighted by Gasteiger charge is 2.32. The summed E-state index contributed by atoms with van der Waals surface area (Å²) in [7, 11) is 0. The van der Waals surface area contributed by atoms with Gasteiger partial charge in [-0.15, -0.1) is 0 Å². The molecule has 1 aliphatic rings. The van der Waals surface area contributed by atoms with Crippen LogP contribution in [0, 0.1) is 6.92 Å².